The molecular weight excluding hydrogens is 592 g/mol. The molecule has 0 radical (unpaired) electrons. The number of methoxy groups -OCH3 is 1. The maximum atomic E-state index is 12.1. The Labute approximate surface area is 279 Å². The Morgan fingerprint density at radius 3 is 1.68 bits per heavy atom. The summed E-state index contributed by atoms with van der Waals surface area (Å²) in [4.78, 5) is 27.5. The predicted octanol–water partition coefficient (Wildman–Crippen LogP) is 5.83. The van der Waals surface area contributed by atoms with Crippen molar-refractivity contribution in [2.24, 2.45) is 11.8 Å². The Hall–Kier alpha value is -3.98. The molecule has 8 heteroatoms. The number of benzene rings is 2. The van der Waals surface area contributed by atoms with E-state index in [0.29, 0.717) is 32.5 Å². The van der Waals surface area contributed by atoms with E-state index in [0.717, 1.165) is 60.8 Å². The van der Waals surface area contributed by atoms with Crippen LogP contribution < -0.4 is 0 Å². The van der Waals surface area contributed by atoms with Crippen LogP contribution in [0.25, 0.3) is 0 Å². The predicted molar refractivity (Wildman–Crippen MR) is 180 cm³/mol. The van der Waals surface area contributed by atoms with Crippen LogP contribution in [-0.4, -0.2) is 82.3 Å². The van der Waals surface area contributed by atoms with E-state index in [1.165, 1.54) is 7.11 Å². The molecule has 6 atom stereocenters. The van der Waals surface area contributed by atoms with Crippen molar-refractivity contribution in [3.8, 4) is 23.7 Å². The van der Waals surface area contributed by atoms with Crippen LogP contribution >= 0.6 is 0 Å². The minimum Gasteiger partial charge on any atom is -0.453 e. The standard InChI is InChI=1S/C20H25NO3.C19H23NO3/c1-3-24-19(22)21-13-10-17-18(21)8-5-11-20(17,23)12-9-16-7-4-6-15(2)14-16;1-14-5-3-6-15(13-14)8-11-19(22)10-4-7-17-16(19)9-12-20(17)18(21)23-2/h4,6-7,14,17-18,23H,3,5,8,10-11,13H2,1-2H3;3,5-6,13,16-17,22H,4,7,9-10,12H2,1-2H3/t17-,18-,20-;16-,17-,19-/m11/s1. The number of fused-ring (bicyclic) bond motifs is 2. The van der Waals surface area contributed by atoms with Crippen molar-refractivity contribution in [3.63, 3.8) is 0 Å². The molecule has 6 rings (SSSR count). The summed E-state index contributed by atoms with van der Waals surface area (Å²) in [6.45, 7) is 7.53. The second-order valence-corrected chi connectivity index (χ2v) is 13.4. The number of nitrogens with zero attached hydrogens (tertiary/aromatic N) is 2. The van der Waals surface area contributed by atoms with Gasteiger partial charge >= 0.3 is 12.2 Å². The van der Waals surface area contributed by atoms with Crippen LogP contribution in [0.1, 0.15) is 80.5 Å². The lowest BCUT2D eigenvalue weighted by molar-refractivity contribution is -0.0147. The highest BCUT2D eigenvalue weighted by atomic mass is 16.6. The number of carbonyl (C=O) groups is 2. The lowest BCUT2D eigenvalue weighted by Crippen LogP contribution is -2.49. The van der Waals surface area contributed by atoms with Gasteiger partial charge in [-0.05, 0) is 108 Å². The van der Waals surface area contributed by atoms with Crippen LogP contribution in [0.15, 0.2) is 48.5 Å². The number of ether oxygens (including phenoxy) is 2. The molecule has 0 spiro atoms. The van der Waals surface area contributed by atoms with Crippen LogP contribution in [0, 0.1) is 49.4 Å². The molecule has 250 valence electrons. The fourth-order valence-corrected chi connectivity index (χ4v) is 7.96. The Morgan fingerprint density at radius 2 is 1.26 bits per heavy atom. The zero-order chi connectivity index (χ0) is 33.6. The normalized spacial score (nSPS) is 29.1. The third-order valence-electron chi connectivity index (χ3n) is 10.2. The van der Waals surface area contributed by atoms with Gasteiger partial charge in [0, 0.05) is 48.1 Å². The van der Waals surface area contributed by atoms with Crippen molar-refractivity contribution in [2.75, 3.05) is 26.8 Å². The number of likely N-dealkylation sites (tertiary alicyclic amines) is 2. The molecular formula is C39H48N2O6. The number of amides is 2. The molecule has 2 amide bonds. The van der Waals surface area contributed by atoms with Crippen molar-refractivity contribution in [1.29, 1.82) is 0 Å². The minimum atomic E-state index is -1.02. The molecule has 47 heavy (non-hydrogen) atoms. The average Bonchev–Trinajstić information content (AvgIpc) is 3.70. The topological polar surface area (TPSA) is 99.5 Å². The molecule has 2 aliphatic carbocycles. The lowest BCUT2D eigenvalue weighted by atomic mass is 9.73. The van der Waals surface area contributed by atoms with Gasteiger partial charge in [0.15, 0.2) is 0 Å². The first-order valence-electron chi connectivity index (χ1n) is 17.0. The van der Waals surface area contributed by atoms with E-state index in [4.69, 9.17) is 9.47 Å². The summed E-state index contributed by atoms with van der Waals surface area (Å²) in [7, 11) is 1.40. The largest absolute Gasteiger partial charge is 0.453 e. The van der Waals surface area contributed by atoms with Gasteiger partial charge in [0.05, 0.1) is 13.7 Å². The Kier molecular flexibility index (Phi) is 10.8. The molecule has 4 fully saturated rings. The van der Waals surface area contributed by atoms with E-state index in [9.17, 15) is 19.8 Å². The lowest BCUT2D eigenvalue weighted by Gasteiger charge is -2.39. The summed E-state index contributed by atoms with van der Waals surface area (Å²) in [5.41, 5.74) is 2.12. The molecule has 2 aromatic rings. The number of aryl methyl sites for hydroxylation is 2. The van der Waals surface area contributed by atoms with Crippen molar-refractivity contribution < 1.29 is 29.3 Å². The molecule has 2 heterocycles. The zero-order valence-corrected chi connectivity index (χ0v) is 28.1. The Bertz CT molecular complexity index is 1570. The molecule has 0 aromatic heterocycles. The summed E-state index contributed by atoms with van der Waals surface area (Å²) < 4.78 is 10.0. The first kappa shape index (κ1) is 34.4. The maximum absolute atomic E-state index is 12.1. The van der Waals surface area contributed by atoms with Gasteiger partial charge in [-0.15, -0.1) is 0 Å². The molecule has 2 saturated heterocycles. The number of hydrogen-bond donors (Lipinski definition) is 2. The molecule has 2 aliphatic heterocycles. The summed E-state index contributed by atoms with van der Waals surface area (Å²) in [6.07, 6.45) is 5.90. The average molecular weight is 641 g/mol. The van der Waals surface area contributed by atoms with Crippen LogP contribution in [0.3, 0.4) is 0 Å². The number of rotatable bonds is 1. The number of aliphatic hydroxyl groups is 2. The molecule has 0 unspecified atom stereocenters. The van der Waals surface area contributed by atoms with Crippen molar-refractivity contribution in [3.05, 3.63) is 70.8 Å². The molecule has 4 aliphatic rings. The van der Waals surface area contributed by atoms with Gasteiger partial charge in [-0.1, -0.05) is 47.9 Å². The summed E-state index contributed by atoms with van der Waals surface area (Å²) >= 11 is 0. The third kappa shape index (κ3) is 7.78. The van der Waals surface area contributed by atoms with E-state index in [2.05, 4.69) is 23.7 Å². The second-order valence-electron chi connectivity index (χ2n) is 13.4. The zero-order valence-electron chi connectivity index (χ0n) is 28.1. The maximum Gasteiger partial charge on any atom is 0.410 e. The van der Waals surface area contributed by atoms with Gasteiger partial charge in [-0.25, -0.2) is 9.59 Å². The molecule has 8 nitrogen and oxygen atoms in total. The van der Waals surface area contributed by atoms with E-state index < -0.39 is 11.2 Å². The van der Waals surface area contributed by atoms with Crippen LogP contribution in [0.5, 0.6) is 0 Å². The Morgan fingerprint density at radius 1 is 0.787 bits per heavy atom. The highest BCUT2D eigenvalue weighted by Gasteiger charge is 2.51. The van der Waals surface area contributed by atoms with Gasteiger partial charge < -0.3 is 29.5 Å². The molecule has 0 bridgehead atoms. The minimum absolute atomic E-state index is 0.00709. The fraction of sp³-hybridized carbons (Fsp3) is 0.538. The molecule has 2 saturated carbocycles. The highest BCUT2D eigenvalue weighted by molar-refractivity contribution is 5.69. The fourth-order valence-electron chi connectivity index (χ4n) is 7.96. The summed E-state index contributed by atoms with van der Waals surface area (Å²) in [6, 6.07) is 16.0. The first-order chi connectivity index (χ1) is 22.6. The van der Waals surface area contributed by atoms with Gasteiger partial charge in [0.1, 0.15) is 11.2 Å². The van der Waals surface area contributed by atoms with Crippen molar-refractivity contribution in [2.45, 2.75) is 95.4 Å². The number of hydrogen-bond acceptors (Lipinski definition) is 6. The van der Waals surface area contributed by atoms with E-state index in [-0.39, 0.29) is 36.1 Å². The monoisotopic (exact) mass is 640 g/mol. The summed E-state index contributed by atoms with van der Waals surface area (Å²) in [5, 5.41) is 22.2. The smallest absolute Gasteiger partial charge is 0.410 e. The first-order valence-corrected chi connectivity index (χ1v) is 17.0. The van der Waals surface area contributed by atoms with E-state index >= 15 is 0 Å². The highest BCUT2D eigenvalue weighted by Crippen LogP contribution is 2.44. The quantitative estimate of drug-likeness (QED) is 0.381. The molecule has 2 aromatic carbocycles. The van der Waals surface area contributed by atoms with E-state index in [1.807, 2.05) is 69.3 Å². The van der Waals surface area contributed by atoms with Gasteiger partial charge in [-0.2, -0.15) is 0 Å². The molecule has 2 N–H and O–H groups in total. The SMILES string of the molecule is CCOC(=O)N1CC[C@@H]2[C@H]1CCC[C@@]2(O)C#Cc1cccc(C)c1.COC(=O)N1CC[C@@H]2[C@H]1CCC[C@@]2(O)C#Cc1cccc(C)c1. The Balaban J connectivity index is 0.000000185. The van der Waals surface area contributed by atoms with Crippen LogP contribution in [0.2, 0.25) is 0 Å². The summed E-state index contributed by atoms with van der Waals surface area (Å²) in [5.74, 6) is 12.5. The van der Waals surface area contributed by atoms with Crippen LogP contribution in [0.4, 0.5) is 9.59 Å². The van der Waals surface area contributed by atoms with Crippen molar-refractivity contribution >= 4 is 12.2 Å². The van der Waals surface area contributed by atoms with Crippen LogP contribution in [-0.2, 0) is 9.47 Å². The number of carbonyl (C=O) groups excluding carboxylic acids is 2. The van der Waals surface area contributed by atoms with Gasteiger partial charge in [0.2, 0.25) is 0 Å². The van der Waals surface area contributed by atoms with Gasteiger partial charge in [-0.3, -0.25) is 0 Å². The van der Waals surface area contributed by atoms with Gasteiger partial charge in [0.25, 0.3) is 0 Å². The second kappa shape index (κ2) is 14.8. The third-order valence-corrected chi connectivity index (χ3v) is 10.2. The van der Waals surface area contributed by atoms with E-state index in [1.54, 1.807) is 9.80 Å². The van der Waals surface area contributed by atoms with Crippen molar-refractivity contribution in [1.82, 2.24) is 9.80 Å².